The number of anilines is 2. The van der Waals surface area contributed by atoms with Crippen molar-refractivity contribution in [1.82, 2.24) is 4.98 Å². The number of amides is 1. The lowest BCUT2D eigenvalue weighted by atomic mass is 9.81. The number of carbonyl (C=O) groups excluding carboxylic acids is 1. The topological polar surface area (TPSA) is 76.9 Å². The number of nitrogens with zero attached hydrogens (tertiary/aromatic N) is 3. The van der Waals surface area contributed by atoms with Crippen LogP contribution in [0, 0.1) is 5.82 Å². The van der Waals surface area contributed by atoms with Crippen molar-refractivity contribution in [3.05, 3.63) is 76.2 Å². The van der Waals surface area contributed by atoms with E-state index in [9.17, 15) is 45.7 Å². The highest BCUT2D eigenvalue weighted by molar-refractivity contribution is 6.33. The molecule has 0 aliphatic carbocycles. The third-order valence-electron chi connectivity index (χ3n) is 7.59. The highest BCUT2D eigenvalue weighted by Crippen LogP contribution is 2.42. The Hall–Kier alpha value is -3.42. The molecule has 1 aliphatic rings. The monoisotopic (exact) mass is 633 g/mol. The molecular formula is C29H27ClF7N3O3. The van der Waals surface area contributed by atoms with E-state index in [-0.39, 0.29) is 40.3 Å². The van der Waals surface area contributed by atoms with E-state index in [0.29, 0.717) is 25.1 Å². The van der Waals surface area contributed by atoms with Crippen LogP contribution in [0.2, 0.25) is 5.02 Å². The van der Waals surface area contributed by atoms with Gasteiger partial charge in [0.15, 0.2) is 0 Å². The summed E-state index contributed by atoms with van der Waals surface area (Å²) in [6, 6.07) is 5.31. The zero-order valence-corrected chi connectivity index (χ0v) is 23.8. The van der Waals surface area contributed by atoms with Crippen molar-refractivity contribution in [2.75, 3.05) is 30.0 Å². The van der Waals surface area contributed by atoms with E-state index in [0.717, 1.165) is 17.0 Å². The Labute approximate surface area is 247 Å². The highest BCUT2D eigenvalue weighted by atomic mass is 35.5. The molecule has 3 aromatic rings. The Kier molecular flexibility index (Phi) is 8.75. The lowest BCUT2D eigenvalue weighted by molar-refractivity contribution is -0.143. The van der Waals surface area contributed by atoms with Crippen LogP contribution in [0.25, 0.3) is 11.1 Å². The van der Waals surface area contributed by atoms with Gasteiger partial charge in [-0.25, -0.2) is 9.37 Å². The molecule has 232 valence electrons. The average Bonchev–Trinajstić information content (AvgIpc) is 3.31. The number of pyridine rings is 1. The van der Waals surface area contributed by atoms with Gasteiger partial charge in [-0.15, -0.1) is 0 Å². The molecule has 1 fully saturated rings. The van der Waals surface area contributed by atoms with Crippen LogP contribution in [-0.2, 0) is 22.6 Å². The number of alkyl halides is 6. The standard InChI is InChI=1S/C29H27ClF7N3O3/c1-27(2,15-8-16(28(32,33)34)10-17(9-15)29(35,36)37)26(43)39(3)22-13-38-25(40-7-6-24(42)23(40)14-41)12-20(22)19-5-4-18(31)11-21(19)30/h4-5,8-13,23-24,41-42H,6-7,14H2,1-3H3/t23-,24+/m1/s1. The smallest absolute Gasteiger partial charge is 0.394 e. The number of aromatic nitrogens is 1. The Balaban J connectivity index is 1.84. The predicted molar refractivity (Wildman–Crippen MR) is 146 cm³/mol. The Morgan fingerprint density at radius 1 is 1.00 bits per heavy atom. The third-order valence-corrected chi connectivity index (χ3v) is 7.90. The largest absolute Gasteiger partial charge is 0.416 e. The second-order valence-corrected chi connectivity index (χ2v) is 11.2. The summed E-state index contributed by atoms with van der Waals surface area (Å²) in [5, 5.41) is 20.0. The molecule has 6 nitrogen and oxygen atoms in total. The first-order valence-electron chi connectivity index (χ1n) is 13.0. The highest BCUT2D eigenvalue weighted by Gasteiger charge is 2.41. The van der Waals surface area contributed by atoms with E-state index in [1.807, 2.05) is 0 Å². The van der Waals surface area contributed by atoms with Gasteiger partial charge < -0.3 is 20.0 Å². The Morgan fingerprint density at radius 2 is 1.58 bits per heavy atom. The number of carbonyl (C=O) groups is 1. The van der Waals surface area contributed by atoms with Crippen LogP contribution < -0.4 is 9.80 Å². The van der Waals surface area contributed by atoms with Crippen molar-refractivity contribution in [3.8, 4) is 11.1 Å². The number of halogens is 8. The lowest BCUT2D eigenvalue weighted by Gasteiger charge is -2.32. The maximum Gasteiger partial charge on any atom is 0.416 e. The summed E-state index contributed by atoms with van der Waals surface area (Å²) in [6.07, 6.45) is -9.47. The van der Waals surface area contributed by atoms with Crippen molar-refractivity contribution in [1.29, 1.82) is 0 Å². The number of aliphatic hydroxyl groups excluding tert-OH is 2. The minimum Gasteiger partial charge on any atom is -0.394 e. The molecule has 2 heterocycles. The van der Waals surface area contributed by atoms with Crippen LogP contribution in [-0.4, -0.2) is 53.4 Å². The molecule has 2 atom stereocenters. The second-order valence-electron chi connectivity index (χ2n) is 10.8. The minimum absolute atomic E-state index is 0.0139. The maximum atomic E-state index is 13.9. The molecular weight excluding hydrogens is 607 g/mol. The van der Waals surface area contributed by atoms with Crippen LogP contribution in [0.3, 0.4) is 0 Å². The van der Waals surface area contributed by atoms with E-state index < -0.39 is 58.3 Å². The van der Waals surface area contributed by atoms with Gasteiger partial charge in [-0.05, 0) is 68.3 Å². The summed E-state index contributed by atoms with van der Waals surface area (Å²) in [5.41, 5.74) is -4.99. The fourth-order valence-electron chi connectivity index (χ4n) is 5.09. The first-order valence-corrected chi connectivity index (χ1v) is 13.3. The van der Waals surface area contributed by atoms with Gasteiger partial charge in [-0.3, -0.25) is 4.79 Å². The molecule has 0 bridgehead atoms. The molecule has 0 spiro atoms. The number of aliphatic hydroxyl groups is 2. The van der Waals surface area contributed by atoms with E-state index in [4.69, 9.17) is 11.6 Å². The van der Waals surface area contributed by atoms with Crippen LogP contribution in [0.5, 0.6) is 0 Å². The van der Waals surface area contributed by atoms with Crippen LogP contribution in [0.4, 0.5) is 42.2 Å². The van der Waals surface area contributed by atoms with Gasteiger partial charge in [0.2, 0.25) is 5.91 Å². The fraction of sp³-hybridized carbons (Fsp3) is 0.379. The van der Waals surface area contributed by atoms with Gasteiger partial charge in [0.1, 0.15) is 11.6 Å². The average molecular weight is 634 g/mol. The van der Waals surface area contributed by atoms with E-state index in [1.54, 1.807) is 4.90 Å². The van der Waals surface area contributed by atoms with Gasteiger partial charge in [-0.1, -0.05) is 11.6 Å². The summed E-state index contributed by atoms with van der Waals surface area (Å²) in [5.74, 6) is -1.25. The molecule has 0 radical (unpaired) electrons. The summed E-state index contributed by atoms with van der Waals surface area (Å²) < 4.78 is 95.2. The predicted octanol–water partition coefficient (Wildman–Crippen LogP) is 6.45. The molecule has 0 saturated carbocycles. The molecule has 2 aromatic carbocycles. The number of hydrogen-bond donors (Lipinski definition) is 2. The summed E-state index contributed by atoms with van der Waals surface area (Å²) >= 11 is 6.35. The third kappa shape index (κ3) is 6.43. The number of likely N-dealkylation sites (N-methyl/N-ethyl adjacent to an activating group) is 1. The summed E-state index contributed by atoms with van der Waals surface area (Å²) in [6.45, 7) is 2.34. The molecule has 14 heteroatoms. The summed E-state index contributed by atoms with van der Waals surface area (Å²) in [4.78, 5) is 20.9. The second kappa shape index (κ2) is 11.6. The van der Waals surface area contributed by atoms with Gasteiger partial charge >= 0.3 is 12.4 Å². The zero-order valence-electron chi connectivity index (χ0n) is 23.1. The summed E-state index contributed by atoms with van der Waals surface area (Å²) in [7, 11) is 1.27. The number of rotatable bonds is 6. The van der Waals surface area contributed by atoms with Gasteiger partial charge in [0.25, 0.3) is 0 Å². The van der Waals surface area contributed by atoms with Gasteiger partial charge in [-0.2, -0.15) is 26.3 Å². The lowest BCUT2D eigenvalue weighted by Crippen LogP contribution is -2.42. The van der Waals surface area contributed by atoms with Crippen LogP contribution in [0.15, 0.2) is 48.7 Å². The van der Waals surface area contributed by atoms with E-state index in [2.05, 4.69) is 4.98 Å². The van der Waals surface area contributed by atoms with Crippen molar-refractivity contribution in [2.24, 2.45) is 0 Å². The van der Waals surface area contributed by atoms with Gasteiger partial charge in [0.05, 0.1) is 52.2 Å². The molecule has 1 aliphatic heterocycles. The van der Waals surface area contributed by atoms with Crippen molar-refractivity contribution in [2.45, 2.75) is 50.2 Å². The van der Waals surface area contributed by atoms with Crippen LogP contribution >= 0.6 is 11.6 Å². The normalized spacial score (nSPS) is 17.8. The molecule has 4 rings (SSSR count). The van der Waals surface area contributed by atoms with Crippen molar-refractivity contribution < 1.29 is 45.7 Å². The van der Waals surface area contributed by atoms with Crippen LogP contribution in [0.1, 0.15) is 37.0 Å². The zero-order chi connectivity index (χ0) is 32.1. The Bertz CT molecular complexity index is 1500. The molecule has 1 aromatic heterocycles. The molecule has 0 unspecified atom stereocenters. The molecule has 1 amide bonds. The number of benzene rings is 2. The maximum absolute atomic E-state index is 13.9. The molecule has 1 saturated heterocycles. The molecule has 43 heavy (non-hydrogen) atoms. The van der Waals surface area contributed by atoms with Gasteiger partial charge in [0, 0.05) is 24.7 Å². The van der Waals surface area contributed by atoms with Crippen molar-refractivity contribution in [3.63, 3.8) is 0 Å². The minimum atomic E-state index is -5.11. The van der Waals surface area contributed by atoms with Crippen molar-refractivity contribution >= 4 is 29.0 Å². The number of hydrogen-bond acceptors (Lipinski definition) is 5. The first kappa shape index (κ1) is 32.5. The van der Waals surface area contributed by atoms with E-state index in [1.165, 1.54) is 39.2 Å². The fourth-order valence-corrected chi connectivity index (χ4v) is 5.36. The Morgan fingerprint density at radius 3 is 2.12 bits per heavy atom. The first-order chi connectivity index (χ1) is 19.9. The SMILES string of the molecule is CN(C(=O)C(C)(C)c1cc(C(F)(F)F)cc(C(F)(F)F)c1)c1cnc(N2CC[C@H](O)[C@H]2CO)cc1-c1ccc(F)cc1Cl. The molecule has 2 N–H and O–H groups in total. The van der Waals surface area contributed by atoms with E-state index >= 15 is 0 Å². The quantitative estimate of drug-likeness (QED) is 0.305.